The Morgan fingerprint density at radius 3 is 2.95 bits per heavy atom. The second kappa shape index (κ2) is 5.59. The third-order valence-corrected chi connectivity index (χ3v) is 3.59. The van der Waals surface area contributed by atoms with Crippen molar-refractivity contribution in [2.75, 3.05) is 44.6 Å². The smallest absolute Gasteiger partial charge is 0.228 e. The van der Waals surface area contributed by atoms with Gasteiger partial charge in [0, 0.05) is 38.4 Å². The summed E-state index contributed by atoms with van der Waals surface area (Å²) >= 11 is 0. The van der Waals surface area contributed by atoms with Crippen molar-refractivity contribution in [3.05, 3.63) is 23.8 Å². The van der Waals surface area contributed by atoms with E-state index in [1.807, 2.05) is 18.2 Å². The topological polar surface area (TPSA) is 53.6 Å². The van der Waals surface area contributed by atoms with Crippen LogP contribution in [-0.4, -0.2) is 50.1 Å². The highest BCUT2D eigenvalue weighted by Gasteiger charge is 2.17. The standard InChI is InChI=1S/C14H19N3O2/c18-14-10-11-9-12(1-2-13(11)16-14)19-8-7-17-5-3-15-4-6-17/h1-2,9,15H,3-8,10H2,(H,16,18). The van der Waals surface area contributed by atoms with Crippen LogP contribution < -0.4 is 15.4 Å². The van der Waals surface area contributed by atoms with E-state index in [1.54, 1.807) is 0 Å². The van der Waals surface area contributed by atoms with E-state index in [-0.39, 0.29) is 5.91 Å². The minimum atomic E-state index is 0.0629. The van der Waals surface area contributed by atoms with E-state index < -0.39 is 0 Å². The Morgan fingerprint density at radius 2 is 2.11 bits per heavy atom. The fraction of sp³-hybridized carbons (Fsp3) is 0.500. The summed E-state index contributed by atoms with van der Waals surface area (Å²) in [6.07, 6.45) is 0.463. The normalized spacial score (nSPS) is 19.1. The van der Waals surface area contributed by atoms with Gasteiger partial charge in [-0.3, -0.25) is 9.69 Å². The second-order valence-electron chi connectivity index (χ2n) is 4.98. The SMILES string of the molecule is O=C1Cc2cc(OCCN3CCNCC3)ccc2N1. The molecule has 0 radical (unpaired) electrons. The zero-order valence-corrected chi connectivity index (χ0v) is 10.9. The lowest BCUT2D eigenvalue weighted by Gasteiger charge is -2.26. The summed E-state index contributed by atoms with van der Waals surface area (Å²) in [5.41, 5.74) is 1.95. The van der Waals surface area contributed by atoms with Gasteiger partial charge < -0.3 is 15.4 Å². The molecule has 0 bridgehead atoms. The average Bonchev–Trinajstić information content (AvgIpc) is 2.79. The molecule has 0 saturated carbocycles. The number of benzene rings is 1. The molecule has 5 heteroatoms. The third kappa shape index (κ3) is 3.05. The molecule has 0 atom stereocenters. The quantitative estimate of drug-likeness (QED) is 0.827. The molecule has 102 valence electrons. The van der Waals surface area contributed by atoms with E-state index in [9.17, 15) is 4.79 Å². The van der Waals surface area contributed by atoms with Gasteiger partial charge in [-0.15, -0.1) is 0 Å². The lowest BCUT2D eigenvalue weighted by atomic mass is 10.1. The summed E-state index contributed by atoms with van der Waals surface area (Å²) in [5.74, 6) is 0.915. The number of hydrogen-bond acceptors (Lipinski definition) is 4. The van der Waals surface area contributed by atoms with Gasteiger partial charge in [0.2, 0.25) is 5.91 Å². The molecule has 1 fully saturated rings. The highest BCUT2D eigenvalue weighted by molar-refractivity contribution is 5.99. The molecule has 1 saturated heterocycles. The predicted octanol–water partition coefficient (Wildman–Crippen LogP) is 0.465. The van der Waals surface area contributed by atoms with Crippen LogP contribution in [-0.2, 0) is 11.2 Å². The Morgan fingerprint density at radius 1 is 1.26 bits per heavy atom. The summed E-state index contributed by atoms with van der Waals surface area (Å²) in [4.78, 5) is 13.7. The Kier molecular flexibility index (Phi) is 3.66. The number of rotatable bonds is 4. The first-order valence-corrected chi connectivity index (χ1v) is 6.80. The summed E-state index contributed by atoms with van der Waals surface area (Å²) in [6, 6.07) is 5.80. The van der Waals surface area contributed by atoms with Gasteiger partial charge in [-0.05, 0) is 23.8 Å². The van der Waals surface area contributed by atoms with Crippen molar-refractivity contribution in [1.29, 1.82) is 0 Å². The van der Waals surface area contributed by atoms with Gasteiger partial charge >= 0.3 is 0 Å². The molecular weight excluding hydrogens is 242 g/mol. The zero-order chi connectivity index (χ0) is 13.1. The summed E-state index contributed by atoms with van der Waals surface area (Å²) in [5, 5.41) is 6.16. The third-order valence-electron chi connectivity index (χ3n) is 3.59. The van der Waals surface area contributed by atoms with Crippen LogP contribution in [0.2, 0.25) is 0 Å². The molecular formula is C14H19N3O2. The maximum atomic E-state index is 11.3. The minimum absolute atomic E-state index is 0.0629. The maximum Gasteiger partial charge on any atom is 0.228 e. The van der Waals surface area contributed by atoms with Gasteiger partial charge in [0.1, 0.15) is 12.4 Å². The van der Waals surface area contributed by atoms with Gasteiger partial charge in [-0.25, -0.2) is 0 Å². The van der Waals surface area contributed by atoms with Crippen molar-refractivity contribution in [3.63, 3.8) is 0 Å². The molecule has 2 aliphatic heterocycles. The highest BCUT2D eigenvalue weighted by atomic mass is 16.5. The van der Waals surface area contributed by atoms with Crippen LogP contribution in [0.3, 0.4) is 0 Å². The molecule has 0 aliphatic carbocycles. The van der Waals surface area contributed by atoms with Crippen LogP contribution in [0.1, 0.15) is 5.56 Å². The lowest BCUT2D eigenvalue weighted by Crippen LogP contribution is -2.44. The van der Waals surface area contributed by atoms with Crippen LogP contribution in [0.4, 0.5) is 5.69 Å². The molecule has 0 spiro atoms. The summed E-state index contributed by atoms with van der Waals surface area (Å²) in [6.45, 7) is 5.95. The van der Waals surface area contributed by atoms with Crippen molar-refractivity contribution >= 4 is 11.6 Å². The molecule has 2 aliphatic rings. The summed E-state index contributed by atoms with van der Waals surface area (Å²) < 4.78 is 5.77. The molecule has 2 N–H and O–H groups in total. The van der Waals surface area contributed by atoms with Crippen LogP contribution >= 0.6 is 0 Å². The Bertz CT molecular complexity index is 470. The van der Waals surface area contributed by atoms with Gasteiger partial charge in [0.15, 0.2) is 0 Å². The molecule has 1 aromatic rings. The van der Waals surface area contributed by atoms with Crippen LogP contribution in [0.15, 0.2) is 18.2 Å². The number of piperazine rings is 1. The van der Waals surface area contributed by atoms with Crippen molar-refractivity contribution in [2.24, 2.45) is 0 Å². The van der Waals surface area contributed by atoms with Crippen molar-refractivity contribution < 1.29 is 9.53 Å². The average molecular weight is 261 g/mol. The number of fused-ring (bicyclic) bond motifs is 1. The molecule has 1 amide bonds. The zero-order valence-electron chi connectivity index (χ0n) is 10.9. The Labute approximate surface area is 112 Å². The van der Waals surface area contributed by atoms with Gasteiger partial charge in [0.25, 0.3) is 0 Å². The number of amides is 1. The van der Waals surface area contributed by atoms with E-state index in [0.717, 1.165) is 49.7 Å². The number of nitrogens with zero attached hydrogens (tertiary/aromatic N) is 1. The monoisotopic (exact) mass is 261 g/mol. The van der Waals surface area contributed by atoms with E-state index >= 15 is 0 Å². The van der Waals surface area contributed by atoms with E-state index in [0.29, 0.717) is 13.0 Å². The fourth-order valence-electron chi connectivity index (χ4n) is 2.52. The first kappa shape index (κ1) is 12.4. The van der Waals surface area contributed by atoms with Crippen molar-refractivity contribution in [1.82, 2.24) is 10.2 Å². The van der Waals surface area contributed by atoms with Gasteiger partial charge in [-0.2, -0.15) is 0 Å². The van der Waals surface area contributed by atoms with Crippen LogP contribution in [0.5, 0.6) is 5.75 Å². The minimum Gasteiger partial charge on any atom is -0.492 e. The Hall–Kier alpha value is -1.59. The van der Waals surface area contributed by atoms with E-state index in [2.05, 4.69) is 15.5 Å². The van der Waals surface area contributed by atoms with Gasteiger partial charge in [0.05, 0.1) is 6.42 Å². The molecule has 0 unspecified atom stereocenters. The molecule has 2 heterocycles. The fourth-order valence-corrected chi connectivity index (χ4v) is 2.52. The highest BCUT2D eigenvalue weighted by Crippen LogP contribution is 2.27. The number of anilines is 1. The van der Waals surface area contributed by atoms with Crippen LogP contribution in [0.25, 0.3) is 0 Å². The van der Waals surface area contributed by atoms with Crippen molar-refractivity contribution in [2.45, 2.75) is 6.42 Å². The van der Waals surface area contributed by atoms with E-state index in [1.165, 1.54) is 0 Å². The Balaban J connectivity index is 1.50. The molecule has 5 nitrogen and oxygen atoms in total. The molecule has 0 aromatic heterocycles. The number of carbonyl (C=O) groups excluding carboxylic acids is 1. The second-order valence-corrected chi connectivity index (χ2v) is 4.98. The van der Waals surface area contributed by atoms with Crippen molar-refractivity contribution in [3.8, 4) is 5.75 Å². The van der Waals surface area contributed by atoms with Crippen LogP contribution in [0, 0.1) is 0 Å². The first-order valence-electron chi connectivity index (χ1n) is 6.80. The lowest BCUT2D eigenvalue weighted by molar-refractivity contribution is -0.115. The largest absolute Gasteiger partial charge is 0.492 e. The predicted molar refractivity (Wildman–Crippen MR) is 73.6 cm³/mol. The summed E-state index contributed by atoms with van der Waals surface area (Å²) in [7, 11) is 0. The number of carbonyl (C=O) groups is 1. The number of ether oxygens (including phenoxy) is 1. The molecule has 19 heavy (non-hydrogen) atoms. The molecule has 3 rings (SSSR count). The number of hydrogen-bond donors (Lipinski definition) is 2. The molecule has 1 aromatic carbocycles. The van der Waals surface area contributed by atoms with Gasteiger partial charge in [-0.1, -0.05) is 0 Å². The maximum absolute atomic E-state index is 11.3. The van der Waals surface area contributed by atoms with E-state index in [4.69, 9.17) is 4.74 Å². The first-order chi connectivity index (χ1) is 9.31. The number of nitrogens with one attached hydrogen (secondary N) is 2.